The minimum atomic E-state index is -0.648. The van der Waals surface area contributed by atoms with Gasteiger partial charge in [0.05, 0.1) is 5.60 Å². The highest BCUT2D eigenvalue weighted by atomic mass is 16.3. The summed E-state index contributed by atoms with van der Waals surface area (Å²) >= 11 is 0. The average molecular weight is 236 g/mol. The van der Waals surface area contributed by atoms with Gasteiger partial charge in [0, 0.05) is 6.42 Å². The van der Waals surface area contributed by atoms with E-state index in [1.54, 1.807) is 0 Å². The second-order valence-electron chi connectivity index (χ2n) is 6.69. The average Bonchev–Trinajstić information content (AvgIpc) is 2.22. The van der Waals surface area contributed by atoms with Crippen LogP contribution < -0.4 is 0 Å². The van der Waals surface area contributed by atoms with Crippen molar-refractivity contribution in [2.24, 2.45) is 17.3 Å². The second-order valence-corrected chi connectivity index (χ2v) is 6.69. The van der Waals surface area contributed by atoms with E-state index in [2.05, 4.69) is 19.9 Å². The predicted molar refractivity (Wildman–Crippen MR) is 68.6 cm³/mol. The Kier molecular flexibility index (Phi) is 2.97. The SMILES string of the molecule is C[C@H]1CCC(=O)C2=CC[C@@H](C(C)(C)O)C[C@@]21C. The van der Waals surface area contributed by atoms with E-state index in [0.717, 1.165) is 24.8 Å². The van der Waals surface area contributed by atoms with Crippen molar-refractivity contribution in [3.63, 3.8) is 0 Å². The quantitative estimate of drug-likeness (QED) is 0.759. The molecule has 0 aromatic carbocycles. The van der Waals surface area contributed by atoms with Crippen LogP contribution in [0.25, 0.3) is 0 Å². The van der Waals surface area contributed by atoms with Gasteiger partial charge in [0.2, 0.25) is 0 Å². The lowest BCUT2D eigenvalue weighted by molar-refractivity contribution is -0.120. The van der Waals surface area contributed by atoms with Crippen molar-refractivity contribution in [1.29, 1.82) is 0 Å². The lowest BCUT2D eigenvalue weighted by Crippen LogP contribution is -2.44. The molecule has 1 saturated carbocycles. The van der Waals surface area contributed by atoms with E-state index in [1.165, 1.54) is 0 Å². The van der Waals surface area contributed by atoms with Crippen molar-refractivity contribution in [3.05, 3.63) is 11.6 Å². The third-order valence-corrected chi connectivity index (χ3v) is 5.08. The highest BCUT2D eigenvalue weighted by Crippen LogP contribution is 2.52. The van der Waals surface area contributed by atoms with Crippen LogP contribution >= 0.6 is 0 Å². The number of carbonyl (C=O) groups is 1. The Hall–Kier alpha value is -0.630. The van der Waals surface area contributed by atoms with Crippen molar-refractivity contribution in [2.75, 3.05) is 0 Å². The van der Waals surface area contributed by atoms with Gasteiger partial charge in [-0.3, -0.25) is 4.79 Å². The number of rotatable bonds is 1. The summed E-state index contributed by atoms with van der Waals surface area (Å²) in [6, 6.07) is 0. The maximum Gasteiger partial charge on any atom is 0.159 e. The summed E-state index contributed by atoms with van der Waals surface area (Å²) in [5.74, 6) is 1.14. The zero-order valence-electron chi connectivity index (χ0n) is 11.4. The van der Waals surface area contributed by atoms with Gasteiger partial charge in [-0.05, 0) is 55.9 Å². The largest absolute Gasteiger partial charge is 0.390 e. The topological polar surface area (TPSA) is 37.3 Å². The first-order valence-corrected chi connectivity index (χ1v) is 6.71. The molecule has 0 unspecified atom stereocenters. The Morgan fingerprint density at radius 2 is 2.12 bits per heavy atom. The lowest BCUT2D eigenvalue weighted by Gasteiger charge is -2.48. The number of hydrogen-bond acceptors (Lipinski definition) is 2. The Morgan fingerprint density at radius 1 is 1.47 bits per heavy atom. The second kappa shape index (κ2) is 3.94. The molecular formula is C15H24O2. The molecule has 2 aliphatic carbocycles. The number of hydrogen-bond donors (Lipinski definition) is 1. The molecule has 2 aliphatic rings. The number of ketones is 1. The van der Waals surface area contributed by atoms with E-state index in [9.17, 15) is 9.90 Å². The molecule has 0 saturated heterocycles. The van der Waals surface area contributed by atoms with Crippen LogP contribution in [0.3, 0.4) is 0 Å². The first kappa shape index (κ1) is 12.8. The molecule has 0 aromatic rings. The molecule has 17 heavy (non-hydrogen) atoms. The van der Waals surface area contributed by atoms with Crippen LogP contribution in [0.2, 0.25) is 0 Å². The molecule has 0 bridgehead atoms. The summed E-state index contributed by atoms with van der Waals surface area (Å²) in [4.78, 5) is 12.0. The highest BCUT2D eigenvalue weighted by Gasteiger charge is 2.47. The number of aliphatic hydroxyl groups is 1. The molecule has 0 aliphatic heterocycles. The van der Waals surface area contributed by atoms with Crippen molar-refractivity contribution in [1.82, 2.24) is 0 Å². The summed E-state index contributed by atoms with van der Waals surface area (Å²) < 4.78 is 0. The fraction of sp³-hybridized carbons (Fsp3) is 0.800. The van der Waals surface area contributed by atoms with E-state index in [-0.39, 0.29) is 11.3 Å². The molecule has 96 valence electrons. The number of fused-ring (bicyclic) bond motifs is 1. The first-order chi connectivity index (χ1) is 7.75. The van der Waals surface area contributed by atoms with Crippen LogP contribution in [0, 0.1) is 17.3 Å². The molecule has 3 atom stereocenters. The van der Waals surface area contributed by atoms with Gasteiger partial charge >= 0.3 is 0 Å². The van der Waals surface area contributed by atoms with Gasteiger partial charge in [-0.1, -0.05) is 19.9 Å². The predicted octanol–water partition coefficient (Wildman–Crippen LogP) is 3.10. The zero-order valence-corrected chi connectivity index (χ0v) is 11.4. The third kappa shape index (κ3) is 2.08. The standard InChI is InChI=1S/C15H24O2/c1-10-5-8-13(16)12-7-6-11(14(2,3)17)9-15(10,12)4/h7,10-11,17H,5-6,8-9H2,1-4H3/t10-,11+,15+/m0/s1. The Labute approximate surface area is 104 Å². The fourth-order valence-electron chi connectivity index (χ4n) is 3.44. The van der Waals surface area contributed by atoms with Crippen molar-refractivity contribution in [3.8, 4) is 0 Å². The summed E-state index contributed by atoms with van der Waals surface area (Å²) in [5, 5.41) is 10.2. The van der Waals surface area contributed by atoms with Crippen LogP contribution in [0.5, 0.6) is 0 Å². The van der Waals surface area contributed by atoms with Crippen LogP contribution in [0.15, 0.2) is 11.6 Å². The van der Waals surface area contributed by atoms with E-state index in [1.807, 2.05) is 13.8 Å². The van der Waals surface area contributed by atoms with Crippen LogP contribution in [0.4, 0.5) is 0 Å². The van der Waals surface area contributed by atoms with Crippen molar-refractivity contribution >= 4 is 5.78 Å². The van der Waals surface area contributed by atoms with Gasteiger partial charge in [0.25, 0.3) is 0 Å². The maximum absolute atomic E-state index is 12.0. The number of Topliss-reactive ketones (excluding diaryl/α,β-unsaturated/α-hetero) is 1. The molecule has 0 heterocycles. The molecule has 2 nitrogen and oxygen atoms in total. The van der Waals surface area contributed by atoms with E-state index in [4.69, 9.17) is 0 Å². The monoisotopic (exact) mass is 236 g/mol. The highest BCUT2D eigenvalue weighted by molar-refractivity contribution is 5.97. The Balaban J connectivity index is 2.34. The fourth-order valence-corrected chi connectivity index (χ4v) is 3.44. The van der Waals surface area contributed by atoms with Gasteiger partial charge in [-0.25, -0.2) is 0 Å². The molecule has 0 amide bonds. The van der Waals surface area contributed by atoms with Crippen LogP contribution in [-0.2, 0) is 4.79 Å². The van der Waals surface area contributed by atoms with Gasteiger partial charge < -0.3 is 5.11 Å². The third-order valence-electron chi connectivity index (χ3n) is 5.08. The molecular weight excluding hydrogens is 212 g/mol. The smallest absolute Gasteiger partial charge is 0.159 e. The molecule has 1 fully saturated rings. The van der Waals surface area contributed by atoms with Crippen molar-refractivity contribution < 1.29 is 9.90 Å². The molecule has 0 radical (unpaired) electrons. The summed E-state index contributed by atoms with van der Waals surface area (Å²) in [7, 11) is 0. The summed E-state index contributed by atoms with van der Waals surface area (Å²) in [5.41, 5.74) is 0.375. The van der Waals surface area contributed by atoms with E-state index < -0.39 is 5.60 Å². The van der Waals surface area contributed by atoms with Gasteiger partial charge in [0.1, 0.15) is 0 Å². The molecule has 2 heteroatoms. The molecule has 0 spiro atoms. The number of carbonyl (C=O) groups excluding carboxylic acids is 1. The zero-order chi connectivity index (χ0) is 12.8. The number of allylic oxidation sites excluding steroid dienone is 2. The van der Waals surface area contributed by atoms with E-state index in [0.29, 0.717) is 18.1 Å². The minimum absolute atomic E-state index is 0.0156. The first-order valence-electron chi connectivity index (χ1n) is 6.71. The molecule has 0 aromatic heterocycles. The normalized spacial score (nSPS) is 38.6. The Bertz CT molecular complexity index is 362. The molecule has 1 N–H and O–H groups in total. The minimum Gasteiger partial charge on any atom is -0.390 e. The molecule has 2 rings (SSSR count). The van der Waals surface area contributed by atoms with Gasteiger partial charge in [-0.15, -0.1) is 0 Å². The van der Waals surface area contributed by atoms with E-state index >= 15 is 0 Å². The van der Waals surface area contributed by atoms with Crippen LogP contribution in [0.1, 0.15) is 53.4 Å². The van der Waals surface area contributed by atoms with Crippen molar-refractivity contribution in [2.45, 2.75) is 59.0 Å². The van der Waals surface area contributed by atoms with Crippen LogP contribution in [-0.4, -0.2) is 16.5 Å². The maximum atomic E-state index is 12.0. The summed E-state index contributed by atoms with van der Waals surface area (Å²) in [6.45, 7) is 8.22. The van der Waals surface area contributed by atoms with Gasteiger partial charge in [0.15, 0.2) is 5.78 Å². The lowest BCUT2D eigenvalue weighted by atomic mass is 9.56. The summed E-state index contributed by atoms with van der Waals surface area (Å²) in [6.07, 6.45) is 5.58. The Morgan fingerprint density at radius 3 is 2.71 bits per heavy atom. The van der Waals surface area contributed by atoms with Gasteiger partial charge in [-0.2, -0.15) is 0 Å².